The Morgan fingerprint density at radius 3 is 2.35 bits per heavy atom. The maximum atomic E-state index is 13.4. The second kappa shape index (κ2) is 5.59. The van der Waals surface area contributed by atoms with Gasteiger partial charge in [-0.1, -0.05) is 32.9 Å². The molecule has 1 N–H and O–H groups in total. The van der Waals surface area contributed by atoms with Gasteiger partial charge in [0.25, 0.3) is 11.6 Å². The van der Waals surface area contributed by atoms with Gasteiger partial charge < -0.3 is 5.11 Å². The molecule has 0 saturated carbocycles. The summed E-state index contributed by atoms with van der Waals surface area (Å²) in [5, 5.41) is 14.1. The zero-order valence-electron chi connectivity index (χ0n) is 12.8. The molecule has 0 radical (unpaired) electrons. The Labute approximate surface area is 140 Å². The predicted molar refractivity (Wildman–Crippen MR) is 82.8 cm³/mol. The van der Waals surface area contributed by atoms with Gasteiger partial charge in [-0.15, -0.1) is 0 Å². The number of amides is 1. The molecule has 1 aromatic carbocycles. The van der Waals surface area contributed by atoms with Crippen LogP contribution < -0.4 is 0 Å². The molecule has 0 unspecified atom stereocenters. The lowest BCUT2D eigenvalue weighted by atomic mass is 9.86. The lowest BCUT2D eigenvalue weighted by Gasteiger charge is -2.33. The number of hydrazone groups is 1. The smallest absolute Gasteiger partial charge is 0.362 e. The molecule has 0 saturated heterocycles. The minimum absolute atomic E-state index is 0.00548. The number of halogens is 4. The van der Waals surface area contributed by atoms with E-state index in [1.54, 1.807) is 26.8 Å². The van der Waals surface area contributed by atoms with E-state index in [1.165, 1.54) is 18.2 Å². The topological polar surface area (TPSA) is 52.9 Å². The van der Waals surface area contributed by atoms with Gasteiger partial charge in [-0.3, -0.25) is 4.79 Å². The van der Waals surface area contributed by atoms with Crippen LogP contribution in [0.25, 0.3) is 0 Å². The lowest BCUT2D eigenvalue weighted by molar-refractivity contribution is -0.297. The van der Waals surface area contributed by atoms with E-state index < -0.39 is 29.6 Å². The molecule has 1 aliphatic heterocycles. The maximum absolute atomic E-state index is 13.4. The summed E-state index contributed by atoms with van der Waals surface area (Å²) in [6.07, 6.45) is -5.80. The summed E-state index contributed by atoms with van der Waals surface area (Å²) in [7, 11) is 0. The fourth-order valence-corrected chi connectivity index (χ4v) is 2.60. The van der Waals surface area contributed by atoms with E-state index in [-0.39, 0.29) is 16.3 Å². The molecule has 1 atom stereocenters. The van der Waals surface area contributed by atoms with Crippen molar-refractivity contribution in [1.29, 1.82) is 0 Å². The van der Waals surface area contributed by atoms with E-state index in [2.05, 4.69) is 21.0 Å². The van der Waals surface area contributed by atoms with Crippen LogP contribution in [-0.4, -0.2) is 33.6 Å². The SMILES string of the molecule is CC(C)(C)C1=NN(C(=O)c2ccccc2Br)[C@](O)(C(F)(F)F)C1. The Kier molecular flexibility index (Phi) is 4.36. The summed E-state index contributed by atoms with van der Waals surface area (Å²) in [5.74, 6) is -1.02. The Bertz CT molecular complexity index is 667. The van der Waals surface area contributed by atoms with Gasteiger partial charge in [-0.25, -0.2) is 0 Å². The van der Waals surface area contributed by atoms with Crippen molar-refractivity contribution >= 4 is 27.5 Å². The Morgan fingerprint density at radius 2 is 1.87 bits per heavy atom. The van der Waals surface area contributed by atoms with Crippen molar-refractivity contribution in [3.05, 3.63) is 34.3 Å². The second-order valence-electron chi connectivity index (χ2n) is 6.38. The quantitative estimate of drug-likeness (QED) is 0.786. The van der Waals surface area contributed by atoms with E-state index in [1.807, 2.05) is 0 Å². The highest BCUT2D eigenvalue weighted by atomic mass is 79.9. The van der Waals surface area contributed by atoms with Crippen LogP contribution in [0.3, 0.4) is 0 Å². The third-order valence-electron chi connectivity index (χ3n) is 3.60. The third-order valence-corrected chi connectivity index (χ3v) is 4.29. The average Bonchev–Trinajstić information content (AvgIpc) is 2.77. The number of benzene rings is 1. The van der Waals surface area contributed by atoms with Gasteiger partial charge in [0.1, 0.15) is 0 Å². The van der Waals surface area contributed by atoms with Gasteiger partial charge in [0, 0.05) is 22.0 Å². The first-order valence-corrected chi connectivity index (χ1v) is 7.63. The molecule has 8 heteroatoms. The van der Waals surface area contributed by atoms with Crippen LogP contribution in [0.2, 0.25) is 0 Å². The molecule has 1 amide bonds. The van der Waals surface area contributed by atoms with Crippen molar-refractivity contribution in [1.82, 2.24) is 5.01 Å². The van der Waals surface area contributed by atoms with Crippen LogP contribution in [0, 0.1) is 5.41 Å². The minimum Gasteiger partial charge on any atom is -0.362 e. The molecule has 0 fully saturated rings. The molecular weight excluding hydrogens is 377 g/mol. The van der Waals surface area contributed by atoms with Crippen LogP contribution in [0.5, 0.6) is 0 Å². The Hall–Kier alpha value is -1.41. The first-order valence-electron chi connectivity index (χ1n) is 6.84. The number of nitrogens with zero attached hydrogens (tertiary/aromatic N) is 2. The van der Waals surface area contributed by atoms with E-state index in [0.29, 0.717) is 4.47 Å². The number of carbonyl (C=O) groups is 1. The molecule has 1 aromatic rings. The van der Waals surface area contributed by atoms with Crippen LogP contribution in [0.4, 0.5) is 13.2 Å². The fraction of sp³-hybridized carbons (Fsp3) is 0.467. The molecular formula is C15H16BrF3N2O2. The minimum atomic E-state index is -5.03. The summed E-state index contributed by atoms with van der Waals surface area (Å²) in [5.41, 5.74) is -3.95. The fourth-order valence-electron chi connectivity index (χ4n) is 2.14. The largest absolute Gasteiger partial charge is 0.438 e. The number of rotatable bonds is 1. The van der Waals surface area contributed by atoms with Crippen molar-refractivity contribution in [3.8, 4) is 0 Å². The van der Waals surface area contributed by atoms with Crippen LogP contribution in [0.15, 0.2) is 33.8 Å². The standard InChI is InChI=1S/C15H16BrF3N2O2/c1-13(2,3)11-8-14(23,15(17,18)19)21(20-11)12(22)9-6-4-5-7-10(9)16/h4-7,23H,8H2,1-3H3/t14-/m1/s1. The van der Waals surface area contributed by atoms with Gasteiger partial charge >= 0.3 is 6.18 Å². The van der Waals surface area contributed by atoms with E-state index in [0.717, 1.165) is 0 Å². The van der Waals surface area contributed by atoms with Crippen molar-refractivity contribution < 1.29 is 23.1 Å². The highest BCUT2D eigenvalue weighted by Gasteiger charge is 2.64. The van der Waals surface area contributed by atoms with Gasteiger partial charge in [0.05, 0.1) is 5.56 Å². The number of hydrogen-bond acceptors (Lipinski definition) is 3. The summed E-state index contributed by atoms with van der Waals surface area (Å²) in [4.78, 5) is 12.5. The summed E-state index contributed by atoms with van der Waals surface area (Å²) >= 11 is 3.13. The molecule has 0 aromatic heterocycles. The van der Waals surface area contributed by atoms with E-state index in [4.69, 9.17) is 0 Å². The highest BCUT2D eigenvalue weighted by Crippen LogP contribution is 2.44. The van der Waals surface area contributed by atoms with Crippen LogP contribution >= 0.6 is 15.9 Å². The molecule has 23 heavy (non-hydrogen) atoms. The maximum Gasteiger partial charge on any atom is 0.438 e. The first-order chi connectivity index (χ1) is 10.4. The van der Waals surface area contributed by atoms with E-state index in [9.17, 15) is 23.1 Å². The third kappa shape index (κ3) is 3.14. The number of aliphatic hydroxyl groups is 1. The molecule has 4 nitrogen and oxygen atoms in total. The lowest BCUT2D eigenvalue weighted by Crippen LogP contribution is -2.56. The predicted octanol–water partition coefficient (Wildman–Crippen LogP) is 3.95. The molecule has 126 valence electrons. The number of alkyl halides is 3. The normalized spacial score (nSPS) is 22.3. The zero-order valence-corrected chi connectivity index (χ0v) is 14.4. The molecule has 0 aliphatic carbocycles. The van der Waals surface area contributed by atoms with Gasteiger partial charge in [0.2, 0.25) is 0 Å². The zero-order chi connectivity index (χ0) is 17.6. The molecule has 2 rings (SSSR count). The van der Waals surface area contributed by atoms with Crippen LogP contribution in [-0.2, 0) is 0 Å². The van der Waals surface area contributed by atoms with Gasteiger partial charge in [0.15, 0.2) is 0 Å². The van der Waals surface area contributed by atoms with Crippen molar-refractivity contribution in [2.24, 2.45) is 10.5 Å². The first kappa shape index (κ1) is 17.9. The molecule has 1 aliphatic rings. The van der Waals surface area contributed by atoms with Crippen molar-refractivity contribution in [3.63, 3.8) is 0 Å². The number of carbonyl (C=O) groups excluding carboxylic acids is 1. The van der Waals surface area contributed by atoms with Crippen LogP contribution in [0.1, 0.15) is 37.6 Å². The Morgan fingerprint density at radius 1 is 1.30 bits per heavy atom. The summed E-state index contributed by atoms with van der Waals surface area (Å²) < 4.78 is 40.5. The number of hydrogen-bond donors (Lipinski definition) is 1. The average molecular weight is 393 g/mol. The molecule has 1 heterocycles. The summed E-state index contributed by atoms with van der Waals surface area (Å²) in [6.45, 7) is 5.03. The molecule has 0 bridgehead atoms. The van der Waals surface area contributed by atoms with Crippen molar-refractivity contribution in [2.45, 2.75) is 39.1 Å². The van der Waals surface area contributed by atoms with E-state index >= 15 is 0 Å². The van der Waals surface area contributed by atoms with Crippen molar-refractivity contribution in [2.75, 3.05) is 0 Å². The Balaban J connectivity index is 2.53. The summed E-state index contributed by atoms with van der Waals surface area (Å²) in [6, 6.07) is 6.05. The van der Waals surface area contributed by atoms with Gasteiger partial charge in [-0.2, -0.15) is 23.3 Å². The highest BCUT2D eigenvalue weighted by molar-refractivity contribution is 9.10. The monoisotopic (exact) mass is 392 g/mol. The second-order valence-corrected chi connectivity index (χ2v) is 7.24. The van der Waals surface area contributed by atoms with Gasteiger partial charge in [-0.05, 0) is 28.1 Å². The molecule has 0 spiro atoms.